The van der Waals surface area contributed by atoms with Crippen LogP contribution in [0, 0.1) is 11.1 Å². The van der Waals surface area contributed by atoms with Gasteiger partial charge in [0, 0.05) is 17.0 Å². The van der Waals surface area contributed by atoms with E-state index in [1.165, 1.54) is 43.6 Å². The Morgan fingerprint density at radius 3 is 2.57 bits per heavy atom. The number of carbonyl (C=O) groups excluding carboxylic acids is 1. The highest BCUT2D eigenvalue weighted by atomic mass is 79.9. The van der Waals surface area contributed by atoms with E-state index in [4.69, 9.17) is 0 Å². The molecule has 0 amide bonds. The SMILES string of the molecule is O=C(CC(c1ccc(Br)cc1)C1CCCC1)c1ccc[n+]([O-])c1. The Kier molecular flexibility index (Phi) is 5.11. The maximum absolute atomic E-state index is 12.6. The molecule has 1 atom stereocenters. The largest absolute Gasteiger partial charge is 0.619 e. The van der Waals surface area contributed by atoms with E-state index in [-0.39, 0.29) is 11.7 Å². The van der Waals surface area contributed by atoms with Crippen molar-refractivity contribution in [1.29, 1.82) is 0 Å². The normalized spacial score (nSPS) is 16.4. The maximum Gasteiger partial charge on any atom is 0.191 e. The molecule has 0 saturated heterocycles. The molecule has 1 heterocycles. The topological polar surface area (TPSA) is 44.0 Å². The van der Waals surface area contributed by atoms with Crippen molar-refractivity contribution in [1.82, 2.24) is 0 Å². The fourth-order valence-electron chi connectivity index (χ4n) is 3.56. The van der Waals surface area contributed by atoms with Crippen LogP contribution in [0.15, 0.2) is 53.3 Å². The van der Waals surface area contributed by atoms with Crippen LogP contribution < -0.4 is 4.73 Å². The Bertz CT molecular complexity index is 678. The predicted molar refractivity (Wildman–Crippen MR) is 93.2 cm³/mol. The summed E-state index contributed by atoms with van der Waals surface area (Å²) in [5.74, 6) is 0.844. The van der Waals surface area contributed by atoms with Gasteiger partial charge in [-0.1, -0.05) is 40.9 Å². The van der Waals surface area contributed by atoms with Crippen molar-refractivity contribution in [2.24, 2.45) is 5.92 Å². The van der Waals surface area contributed by atoms with E-state index < -0.39 is 0 Å². The molecule has 2 aromatic rings. The van der Waals surface area contributed by atoms with Crippen molar-refractivity contribution in [3.8, 4) is 0 Å². The van der Waals surface area contributed by atoms with Gasteiger partial charge in [0.2, 0.25) is 0 Å². The summed E-state index contributed by atoms with van der Waals surface area (Å²) in [5, 5.41) is 11.4. The van der Waals surface area contributed by atoms with Gasteiger partial charge in [-0.05, 0) is 48.4 Å². The van der Waals surface area contributed by atoms with Gasteiger partial charge in [-0.15, -0.1) is 0 Å². The second-order valence-corrected chi connectivity index (χ2v) is 7.20. The molecule has 4 heteroatoms. The van der Waals surface area contributed by atoms with Crippen molar-refractivity contribution in [2.45, 2.75) is 38.0 Å². The van der Waals surface area contributed by atoms with E-state index in [0.29, 0.717) is 22.6 Å². The molecule has 120 valence electrons. The number of nitrogens with zero attached hydrogens (tertiary/aromatic N) is 1. The van der Waals surface area contributed by atoms with Crippen LogP contribution in [-0.2, 0) is 0 Å². The third-order valence-electron chi connectivity index (χ3n) is 4.77. The number of ketones is 1. The molecular formula is C19H20BrNO2. The number of pyridine rings is 1. The zero-order chi connectivity index (χ0) is 16.2. The average Bonchev–Trinajstić information content (AvgIpc) is 3.07. The van der Waals surface area contributed by atoms with Crippen molar-refractivity contribution < 1.29 is 9.52 Å². The summed E-state index contributed by atoms with van der Waals surface area (Å²) >= 11 is 3.47. The molecule has 1 saturated carbocycles. The number of hydrogen-bond donors (Lipinski definition) is 0. The van der Waals surface area contributed by atoms with E-state index in [9.17, 15) is 10.0 Å². The molecule has 1 aliphatic carbocycles. The van der Waals surface area contributed by atoms with Crippen LogP contribution in [0.4, 0.5) is 0 Å². The number of benzene rings is 1. The lowest BCUT2D eigenvalue weighted by molar-refractivity contribution is -0.605. The fourth-order valence-corrected chi connectivity index (χ4v) is 3.83. The molecule has 3 nitrogen and oxygen atoms in total. The molecule has 1 aromatic carbocycles. The van der Waals surface area contributed by atoms with E-state index in [2.05, 4.69) is 28.1 Å². The molecule has 3 rings (SSSR count). The summed E-state index contributed by atoms with van der Waals surface area (Å²) in [4.78, 5) is 12.6. The molecule has 0 aliphatic heterocycles. The molecule has 1 unspecified atom stereocenters. The van der Waals surface area contributed by atoms with Gasteiger partial charge >= 0.3 is 0 Å². The van der Waals surface area contributed by atoms with Gasteiger partial charge < -0.3 is 5.21 Å². The van der Waals surface area contributed by atoms with Gasteiger partial charge in [0.25, 0.3) is 0 Å². The first-order chi connectivity index (χ1) is 11.1. The Balaban J connectivity index is 1.83. The van der Waals surface area contributed by atoms with Gasteiger partial charge in [-0.3, -0.25) is 4.79 Å². The van der Waals surface area contributed by atoms with Crippen LogP contribution in [0.2, 0.25) is 0 Å². The predicted octanol–water partition coefficient (Wildman–Crippen LogP) is 4.63. The number of rotatable bonds is 5. The van der Waals surface area contributed by atoms with Crippen molar-refractivity contribution in [3.05, 3.63) is 69.6 Å². The second kappa shape index (κ2) is 7.26. The summed E-state index contributed by atoms with van der Waals surface area (Å²) in [6.45, 7) is 0. The zero-order valence-electron chi connectivity index (χ0n) is 13.0. The molecule has 23 heavy (non-hydrogen) atoms. The summed E-state index contributed by atoms with van der Waals surface area (Å²) in [5.41, 5.74) is 1.72. The van der Waals surface area contributed by atoms with Gasteiger partial charge in [0.1, 0.15) is 0 Å². The summed E-state index contributed by atoms with van der Waals surface area (Å²) in [6.07, 6.45) is 8.11. The lowest BCUT2D eigenvalue weighted by Crippen LogP contribution is -2.26. The van der Waals surface area contributed by atoms with Crippen LogP contribution >= 0.6 is 15.9 Å². The van der Waals surface area contributed by atoms with Gasteiger partial charge in [-0.25, -0.2) is 0 Å². The highest BCUT2D eigenvalue weighted by Gasteiger charge is 2.29. The first-order valence-corrected chi connectivity index (χ1v) is 8.90. The standard InChI is InChI=1S/C19H20BrNO2/c20-17-9-7-15(8-10-17)18(14-4-1-2-5-14)12-19(22)16-6-3-11-21(23)13-16/h3,6-11,13-14,18H,1-2,4-5,12H2. The molecule has 1 aliphatic rings. The third kappa shape index (κ3) is 3.99. The quantitative estimate of drug-likeness (QED) is 0.435. The number of Topliss-reactive ketones (excluding diaryl/α,β-unsaturated/α-hetero) is 1. The van der Waals surface area contributed by atoms with Gasteiger partial charge in [-0.2, -0.15) is 4.73 Å². The average molecular weight is 374 g/mol. The van der Waals surface area contributed by atoms with Crippen LogP contribution in [0.3, 0.4) is 0 Å². The number of hydrogen-bond acceptors (Lipinski definition) is 2. The molecule has 0 N–H and O–H groups in total. The number of carbonyl (C=O) groups is 1. The van der Waals surface area contributed by atoms with Crippen LogP contribution in [0.25, 0.3) is 0 Å². The highest BCUT2D eigenvalue weighted by Crippen LogP contribution is 2.40. The van der Waals surface area contributed by atoms with Crippen molar-refractivity contribution >= 4 is 21.7 Å². The molecular weight excluding hydrogens is 354 g/mol. The number of aromatic nitrogens is 1. The first-order valence-electron chi connectivity index (χ1n) is 8.11. The molecule has 0 radical (unpaired) electrons. The summed E-state index contributed by atoms with van der Waals surface area (Å²) in [7, 11) is 0. The van der Waals surface area contributed by atoms with Crippen molar-refractivity contribution in [3.63, 3.8) is 0 Å². The second-order valence-electron chi connectivity index (χ2n) is 6.28. The van der Waals surface area contributed by atoms with Crippen LogP contribution in [0.5, 0.6) is 0 Å². The zero-order valence-corrected chi connectivity index (χ0v) is 14.5. The van der Waals surface area contributed by atoms with Crippen LogP contribution in [-0.4, -0.2) is 5.78 Å². The van der Waals surface area contributed by atoms with E-state index in [1.807, 2.05) is 12.1 Å². The summed E-state index contributed by atoms with van der Waals surface area (Å²) in [6, 6.07) is 11.7. The Morgan fingerprint density at radius 2 is 1.91 bits per heavy atom. The van der Waals surface area contributed by atoms with E-state index in [0.717, 1.165) is 4.47 Å². The summed E-state index contributed by atoms with van der Waals surface area (Å²) < 4.78 is 1.74. The molecule has 0 spiro atoms. The molecule has 0 bridgehead atoms. The first kappa shape index (κ1) is 16.2. The minimum Gasteiger partial charge on any atom is -0.619 e. The third-order valence-corrected chi connectivity index (χ3v) is 5.30. The van der Waals surface area contributed by atoms with Gasteiger partial charge in [0.05, 0.1) is 5.56 Å². The van der Waals surface area contributed by atoms with Crippen molar-refractivity contribution in [2.75, 3.05) is 0 Å². The lowest BCUT2D eigenvalue weighted by Gasteiger charge is -2.23. The Morgan fingerprint density at radius 1 is 1.22 bits per heavy atom. The lowest BCUT2D eigenvalue weighted by atomic mass is 9.80. The molecule has 1 aromatic heterocycles. The number of halogens is 1. The minimum absolute atomic E-state index is 0.0509. The smallest absolute Gasteiger partial charge is 0.191 e. The van der Waals surface area contributed by atoms with E-state index in [1.54, 1.807) is 12.1 Å². The minimum atomic E-state index is 0.0509. The Labute approximate surface area is 145 Å². The fraction of sp³-hybridized carbons (Fsp3) is 0.368. The maximum atomic E-state index is 12.6. The monoisotopic (exact) mass is 373 g/mol. The molecule has 1 fully saturated rings. The highest BCUT2D eigenvalue weighted by molar-refractivity contribution is 9.10. The Hall–Kier alpha value is -1.68. The van der Waals surface area contributed by atoms with Crippen LogP contribution in [0.1, 0.15) is 53.9 Å². The van der Waals surface area contributed by atoms with Gasteiger partial charge in [0.15, 0.2) is 18.2 Å². The van der Waals surface area contributed by atoms with E-state index >= 15 is 0 Å².